The first kappa shape index (κ1) is 16.2. The lowest BCUT2D eigenvalue weighted by molar-refractivity contribution is -0.168. The van der Waals surface area contributed by atoms with E-state index in [-0.39, 0.29) is 12.4 Å². The van der Waals surface area contributed by atoms with E-state index < -0.39 is 0 Å². The van der Waals surface area contributed by atoms with Gasteiger partial charge in [-0.3, -0.25) is 0 Å². The number of aromatic nitrogens is 2. The van der Waals surface area contributed by atoms with E-state index in [9.17, 15) is 0 Å². The van der Waals surface area contributed by atoms with Crippen LogP contribution >= 0.6 is 0 Å². The zero-order valence-corrected chi connectivity index (χ0v) is 14.2. The molecule has 0 atom stereocenters. The Hall–Kier alpha value is -2.25. The molecule has 7 nitrogen and oxygen atoms in total. The quantitative estimate of drug-likeness (QED) is 0.793. The Bertz CT molecular complexity index is 736. The van der Waals surface area contributed by atoms with Crippen LogP contribution in [0.5, 0.6) is 0 Å². The average molecular weight is 343 g/mol. The summed E-state index contributed by atoms with van der Waals surface area (Å²) in [7, 11) is 0. The second-order valence-corrected chi connectivity index (χ2v) is 6.42. The lowest BCUT2D eigenvalue weighted by Crippen LogP contribution is -2.35. The first-order valence-electron chi connectivity index (χ1n) is 8.58. The molecule has 0 amide bonds. The molecule has 2 aromatic rings. The third-order valence-corrected chi connectivity index (χ3v) is 4.56. The van der Waals surface area contributed by atoms with Gasteiger partial charge in [0.05, 0.1) is 18.9 Å². The van der Waals surface area contributed by atoms with Crippen LogP contribution in [0.3, 0.4) is 0 Å². The van der Waals surface area contributed by atoms with Gasteiger partial charge in [-0.1, -0.05) is 28.0 Å². The van der Waals surface area contributed by atoms with Crippen LogP contribution < -0.4 is 0 Å². The van der Waals surface area contributed by atoms with Crippen molar-refractivity contribution in [1.82, 2.24) is 10.1 Å². The van der Waals surface area contributed by atoms with E-state index in [0.29, 0.717) is 24.9 Å². The Morgan fingerprint density at radius 3 is 2.56 bits per heavy atom. The standard InChI is InChI=1S/C18H21N3O4/c1-13-2-4-14(5-3-13)17-19-16(21-25-17)12-24-20-15-6-8-18(9-7-15)22-10-11-23-18/h2-5H,6-12H2,1H3. The highest BCUT2D eigenvalue weighted by molar-refractivity contribution is 5.84. The molecule has 1 aliphatic carbocycles. The molecule has 1 saturated carbocycles. The van der Waals surface area contributed by atoms with Crippen molar-refractivity contribution in [2.45, 2.75) is 45.0 Å². The molecule has 2 heterocycles. The van der Waals surface area contributed by atoms with Gasteiger partial charge in [0.25, 0.3) is 5.89 Å². The Labute approximate surface area is 146 Å². The van der Waals surface area contributed by atoms with Crippen LogP contribution in [0.1, 0.15) is 37.1 Å². The molecule has 0 radical (unpaired) electrons. The van der Waals surface area contributed by atoms with Crippen LogP contribution in [0.4, 0.5) is 0 Å². The number of ether oxygens (including phenoxy) is 2. The number of hydrogen-bond acceptors (Lipinski definition) is 7. The fourth-order valence-corrected chi connectivity index (χ4v) is 3.10. The van der Waals surface area contributed by atoms with E-state index in [1.807, 2.05) is 31.2 Å². The Kier molecular flexibility index (Phi) is 4.50. The molecule has 132 valence electrons. The molecule has 0 N–H and O–H groups in total. The number of hydrogen-bond donors (Lipinski definition) is 0. The maximum Gasteiger partial charge on any atom is 0.258 e. The fourth-order valence-electron chi connectivity index (χ4n) is 3.10. The van der Waals surface area contributed by atoms with Gasteiger partial charge in [0.15, 0.2) is 12.4 Å². The van der Waals surface area contributed by atoms with Gasteiger partial charge < -0.3 is 18.8 Å². The number of benzene rings is 1. The SMILES string of the molecule is Cc1ccc(-c2nc(CON=C3CCC4(CC3)OCCO4)no2)cc1. The molecule has 7 heteroatoms. The maximum atomic E-state index is 5.71. The van der Waals surface area contributed by atoms with Crippen molar-refractivity contribution in [1.29, 1.82) is 0 Å². The predicted molar refractivity (Wildman–Crippen MR) is 89.8 cm³/mol. The third-order valence-electron chi connectivity index (χ3n) is 4.56. The molecular formula is C18H21N3O4. The van der Waals surface area contributed by atoms with Gasteiger partial charge in [0.2, 0.25) is 5.82 Å². The summed E-state index contributed by atoms with van der Waals surface area (Å²) in [5.41, 5.74) is 3.10. The van der Waals surface area contributed by atoms with Gasteiger partial charge in [-0.15, -0.1) is 0 Å². The normalized spacial score (nSPS) is 19.3. The number of rotatable bonds is 4. The number of nitrogens with zero attached hydrogens (tertiary/aromatic N) is 3. The van der Waals surface area contributed by atoms with E-state index in [2.05, 4.69) is 15.3 Å². The lowest BCUT2D eigenvalue weighted by atomic mass is 9.92. The van der Waals surface area contributed by atoms with E-state index in [0.717, 1.165) is 37.0 Å². The van der Waals surface area contributed by atoms with Crippen LogP contribution in [-0.4, -0.2) is 34.9 Å². The summed E-state index contributed by atoms with van der Waals surface area (Å²) >= 11 is 0. The van der Waals surface area contributed by atoms with Crippen LogP contribution in [0.15, 0.2) is 33.9 Å². The van der Waals surface area contributed by atoms with Crippen molar-refractivity contribution in [2.24, 2.45) is 5.16 Å². The van der Waals surface area contributed by atoms with Crippen molar-refractivity contribution < 1.29 is 18.8 Å². The summed E-state index contributed by atoms with van der Waals surface area (Å²) in [6.45, 7) is 3.60. The molecule has 0 bridgehead atoms. The summed E-state index contributed by atoms with van der Waals surface area (Å²) in [5.74, 6) is 0.589. The highest BCUT2D eigenvalue weighted by Crippen LogP contribution is 2.34. The average Bonchev–Trinajstić information content (AvgIpc) is 3.28. The van der Waals surface area contributed by atoms with Crippen LogP contribution in [-0.2, 0) is 20.9 Å². The summed E-state index contributed by atoms with van der Waals surface area (Å²) < 4.78 is 16.7. The second-order valence-electron chi connectivity index (χ2n) is 6.42. The van der Waals surface area contributed by atoms with Crippen molar-refractivity contribution in [3.63, 3.8) is 0 Å². The topological polar surface area (TPSA) is 79.0 Å². The minimum Gasteiger partial charge on any atom is -0.387 e. The first-order chi connectivity index (χ1) is 12.2. The number of aryl methyl sites for hydroxylation is 1. The zero-order valence-electron chi connectivity index (χ0n) is 14.2. The van der Waals surface area contributed by atoms with E-state index in [1.165, 1.54) is 5.56 Å². The van der Waals surface area contributed by atoms with Gasteiger partial charge >= 0.3 is 0 Å². The maximum absolute atomic E-state index is 5.71. The van der Waals surface area contributed by atoms with Crippen molar-refractivity contribution in [3.05, 3.63) is 35.7 Å². The minimum absolute atomic E-state index is 0.191. The van der Waals surface area contributed by atoms with Gasteiger partial charge in [0, 0.05) is 18.4 Å². The Morgan fingerprint density at radius 1 is 1.12 bits per heavy atom. The highest BCUT2D eigenvalue weighted by atomic mass is 16.7. The minimum atomic E-state index is -0.379. The monoisotopic (exact) mass is 343 g/mol. The largest absolute Gasteiger partial charge is 0.387 e. The van der Waals surface area contributed by atoms with Gasteiger partial charge in [-0.2, -0.15) is 4.98 Å². The molecule has 0 unspecified atom stereocenters. The molecule has 2 fully saturated rings. The summed E-state index contributed by atoms with van der Waals surface area (Å²) in [6.07, 6.45) is 3.30. The second kappa shape index (κ2) is 6.93. The van der Waals surface area contributed by atoms with Crippen molar-refractivity contribution >= 4 is 5.71 Å². The molecule has 25 heavy (non-hydrogen) atoms. The third kappa shape index (κ3) is 3.72. The fraction of sp³-hybridized carbons (Fsp3) is 0.500. The van der Waals surface area contributed by atoms with E-state index >= 15 is 0 Å². The van der Waals surface area contributed by atoms with Gasteiger partial charge in [-0.25, -0.2) is 0 Å². The smallest absolute Gasteiger partial charge is 0.258 e. The lowest BCUT2D eigenvalue weighted by Gasteiger charge is -2.31. The molecule has 1 aliphatic heterocycles. The highest BCUT2D eigenvalue weighted by Gasteiger charge is 2.39. The van der Waals surface area contributed by atoms with Crippen molar-refractivity contribution in [2.75, 3.05) is 13.2 Å². The Morgan fingerprint density at radius 2 is 1.84 bits per heavy atom. The summed E-state index contributed by atoms with van der Waals surface area (Å²) in [4.78, 5) is 9.74. The summed E-state index contributed by atoms with van der Waals surface area (Å²) in [6, 6.07) is 7.93. The number of oxime groups is 1. The first-order valence-corrected chi connectivity index (χ1v) is 8.58. The Balaban J connectivity index is 1.30. The van der Waals surface area contributed by atoms with Crippen LogP contribution in [0.2, 0.25) is 0 Å². The molecular weight excluding hydrogens is 322 g/mol. The molecule has 1 aromatic heterocycles. The van der Waals surface area contributed by atoms with E-state index in [1.54, 1.807) is 0 Å². The van der Waals surface area contributed by atoms with Gasteiger partial charge in [0.1, 0.15) is 0 Å². The van der Waals surface area contributed by atoms with Gasteiger partial charge in [-0.05, 0) is 31.9 Å². The zero-order chi connectivity index (χ0) is 17.1. The van der Waals surface area contributed by atoms with E-state index in [4.69, 9.17) is 18.8 Å². The molecule has 2 aliphatic rings. The molecule has 1 aromatic carbocycles. The molecule has 4 rings (SSSR count). The van der Waals surface area contributed by atoms with Crippen LogP contribution in [0.25, 0.3) is 11.5 Å². The molecule has 1 saturated heterocycles. The van der Waals surface area contributed by atoms with Crippen molar-refractivity contribution in [3.8, 4) is 11.5 Å². The molecule has 1 spiro atoms. The summed E-state index contributed by atoms with van der Waals surface area (Å²) in [5, 5.41) is 8.15. The predicted octanol–water partition coefficient (Wildman–Crippen LogP) is 3.23. The van der Waals surface area contributed by atoms with Crippen LogP contribution in [0, 0.1) is 6.92 Å².